The summed E-state index contributed by atoms with van der Waals surface area (Å²) in [7, 11) is 0. The van der Waals surface area contributed by atoms with E-state index >= 15 is 0 Å². The van der Waals surface area contributed by atoms with Gasteiger partial charge in [-0.3, -0.25) is 4.79 Å². The van der Waals surface area contributed by atoms with Crippen molar-refractivity contribution in [3.05, 3.63) is 30.1 Å². The molecule has 0 radical (unpaired) electrons. The van der Waals surface area contributed by atoms with Gasteiger partial charge in [0.25, 0.3) is 5.91 Å². The molecule has 1 rings (SSSR count). The van der Waals surface area contributed by atoms with Crippen molar-refractivity contribution in [3.8, 4) is 5.75 Å². The van der Waals surface area contributed by atoms with Crippen molar-refractivity contribution in [3.63, 3.8) is 0 Å². The molecule has 0 fully saturated rings. The lowest BCUT2D eigenvalue weighted by molar-refractivity contribution is -0.142. The molecule has 1 amide bonds. The Kier molecular flexibility index (Phi) is 5.04. The molecular formula is C11H11F2NO4. The second-order valence-corrected chi connectivity index (χ2v) is 3.33. The highest BCUT2D eigenvalue weighted by atomic mass is 19.1. The van der Waals surface area contributed by atoms with Crippen LogP contribution < -0.4 is 10.1 Å². The minimum Gasteiger partial charge on any atom is -0.481 e. The fourth-order valence-electron chi connectivity index (χ4n) is 1.11. The Balaban J connectivity index is 2.47. The number of rotatable bonds is 6. The molecule has 0 aliphatic carbocycles. The van der Waals surface area contributed by atoms with Gasteiger partial charge in [-0.25, -0.2) is 13.6 Å². The highest BCUT2D eigenvalue weighted by Gasteiger charge is 2.19. The van der Waals surface area contributed by atoms with E-state index in [4.69, 9.17) is 9.84 Å². The SMILES string of the molecule is O=C(COc1ccccc1F)NC(CF)C(=O)O. The fraction of sp³-hybridized carbons (Fsp3) is 0.273. The van der Waals surface area contributed by atoms with Gasteiger partial charge in [0.2, 0.25) is 0 Å². The van der Waals surface area contributed by atoms with Gasteiger partial charge in [-0.15, -0.1) is 0 Å². The number of amides is 1. The first-order valence-corrected chi connectivity index (χ1v) is 5.00. The molecule has 5 nitrogen and oxygen atoms in total. The van der Waals surface area contributed by atoms with E-state index in [-0.39, 0.29) is 5.75 Å². The van der Waals surface area contributed by atoms with Crippen molar-refractivity contribution < 1.29 is 28.2 Å². The van der Waals surface area contributed by atoms with Crippen LogP contribution in [-0.4, -0.2) is 36.3 Å². The molecule has 98 valence electrons. The predicted octanol–water partition coefficient (Wildman–Crippen LogP) is 0.743. The number of ether oxygens (including phenoxy) is 1. The van der Waals surface area contributed by atoms with Gasteiger partial charge in [-0.1, -0.05) is 12.1 Å². The molecule has 0 aliphatic heterocycles. The summed E-state index contributed by atoms with van der Waals surface area (Å²) in [6, 6.07) is 3.80. The van der Waals surface area contributed by atoms with Gasteiger partial charge in [0.05, 0.1) is 0 Å². The van der Waals surface area contributed by atoms with Crippen LogP contribution in [0.15, 0.2) is 24.3 Å². The lowest BCUT2D eigenvalue weighted by Gasteiger charge is -2.11. The van der Waals surface area contributed by atoms with Crippen molar-refractivity contribution in [1.29, 1.82) is 0 Å². The van der Waals surface area contributed by atoms with E-state index in [1.807, 2.05) is 5.32 Å². The van der Waals surface area contributed by atoms with Crippen LogP contribution in [0.1, 0.15) is 0 Å². The number of halogens is 2. The molecule has 1 unspecified atom stereocenters. The number of para-hydroxylation sites is 1. The van der Waals surface area contributed by atoms with Crippen molar-refractivity contribution in [2.75, 3.05) is 13.3 Å². The second kappa shape index (κ2) is 6.53. The molecule has 2 N–H and O–H groups in total. The van der Waals surface area contributed by atoms with Gasteiger partial charge >= 0.3 is 5.97 Å². The summed E-state index contributed by atoms with van der Waals surface area (Å²) in [5.41, 5.74) is 0. The summed E-state index contributed by atoms with van der Waals surface area (Å²) in [4.78, 5) is 21.7. The van der Waals surface area contributed by atoms with Gasteiger partial charge in [0.15, 0.2) is 24.2 Å². The normalized spacial score (nSPS) is 11.7. The van der Waals surface area contributed by atoms with E-state index in [9.17, 15) is 18.4 Å². The molecule has 0 bridgehead atoms. The minimum atomic E-state index is -1.62. The van der Waals surface area contributed by atoms with Crippen molar-refractivity contribution >= 4 is 11.9 Å². The lowest BCUT2D eigenvalue weighted by Crippen LogP contribution is -2.44. The Hall–Kier alpha value is -2.18. The molecule has 0 heterocycles. The molecule has 0 aliphatic rings. The second-order valence-electron chi connectivity index (χ2n) is 3.33. The number of hydrogen-bond donors (Lipinski definition) is 2. The summed E-state index contributed by atoms with van der Waals surface area (Å²) in [5, 5.41) is 10.4. The number of carboxylic acids is 1. The number of carbonyl (C=O) groups excluding carboxylic acids is 1. The van der Waals surface area contributed by atoms with Gasteiger partial charge in [0, 0.05) is 0 Å². The van der Waals surface area contributed by atoms with E-state index in [0.717, 1.165) is 6.07 Å². The van der Waals surface area contributed by atoms with Crippen LogP contribution in [-0.2, 0) is 9.59 Å². The van der Waals surface area contributed by atoms with E-state index < -0.39 is 37.0 Å². The number of nitrogens with one attached hydrogen (secondary N) is 1. The molecule has 0 saturated heterocycles. The summed E-state index contributed by atoms with van der Waals surface area (Å²) >= 11 is 0. The van der Waals surface area contributed by atoms with E-state index in [1.165, 1.54) is 18.2 Å². The Bertz CT molecular complexity index is 439. The number of alkyl halides is 1. The third-order valence-corrected chi connectivity index (χ3v) is 1.98. The third-order valence-electron chi connectivity index (χ3n) is 1.98. The van der Waals surface area contributed by atoms with Crippen LogP contribution in [0.4, 0.5) is 8.78 Å². The third kappa shape index (κ3) is 4.00. The smallest absolute Gasteiger partial charge is 0.328 e. The molecule has 7 heteroatoms. The zero-order chi connectivity index (χ0) is 13.5. The Morgan fingerprint density at radius 1 is 1.39 bits per heavy atom. The van der Waals surface area contributed by atoms with Gasteiger partial charge in [-0.2, -0.15) is 0 Å². The first-order valence-electron chi connectivity index (χ1n) is 5.00. The van der Waals surface area contributed by atoms with Crippen LogP contribution in [0.3, 0.4) is 0 Å². The molecule has 18 heavy (non-hydrogen) atoms. The monoisotopic (exact) mass is 259 g/mol. The summed E-state index contributed by atoms with van der Waals surface area (Å²) in [5.74, 6) is -3.12. The van der Waals surface area contributed by atoms with Gasteiger partial charge in [-0.05, 0) is 12.1 Å². The van der Waals surface area contributed by atoms with Crippen LogP contribution in [0.2, 0.25) is 0 Å². The highest BCUT2D eigenvalue weighted by molar-refractivity contribution is 5.84. The van der Waals surface area contributed by atoms with Crippen LogP contribution in [0.5, 0.6) is 5.75 Å². The molecule has 0 saturated carbocycles. The largest absolute Gasteiger partial charge is 0.481 e. The van der Waals surface area contributed by atoms with Crippen molar-refractivity contribution in [1.82, 2.24) is 5.32 Å². The molecule has 0 aromatic heterocycles. The predicted molar refractivity (Wildman–Crippen MR) is 57.4 cm³/mol. The maximum absolute atomic E-state index is 13.1. The fourth-order valence-corrected chi connectivity index (χ4v) is 1.11. The number of benzene rings is 1. The summed E-state index contributed by atoms with van der Waals surface area (Å²) in [6.45, 7) is -1.83. The first kappa shape index (κ1) is 13.9. The summed E-state index contributed by atoms with van der Waals surface area (Å²) < 4.78 is 30.1. The van der Waals surface area contributed by atoms with E-state index in [2.05, 4.69) is 0 Å². The molecule has 1 aromatic carbocycles. The van der Waals surface area contributed by atoms with E-state index in [1.54, 1.807) is 0 Å². The Labute approximate surface area is 101 Å². The molecule has 1 atom stereocenters. The minimum absolute atomic E-state index is 0.139. The molecule has 0 spiro atoms. The van der Waals surface area contributed by atoms with Crippen molar-refractivity contribution in [2.24, 2.45) is 0 Å². The van der Waals surface area contributed by atoms with Crippen molar-refractivity contribution in [2.45, 2.75) is 6.04 Å². The van der Waals surface area contributed by atoms with Gasteiger partial charge in [0.1, 0.15) is 6.67 Å². The number of aliphatic carboxylic acids is 1. The number of carbonyl (C=O) groups is 2. The lowest BCUT2D eigenvalue weighted by atomic mass is 10.3. The first-order chi connectivity index (χ1) is 8.54. The Morgan fingerprint density at radius 3 is 2.61 bits per heavy atom. The highest BCUT2D eigenvalue weighted by Crippen LogP contribution is 2.14. The average Bonchev–Trinajstić information content (AvgIpc) is 2.34. The average molecular weight is 259 g/mol. The molecule has 1 aromatic rings. The maximum Gasteiger partial charge on any atom is 0.328 e. The topological polar surface area (TPSA) is 75.6 Å². The zero-order valence-electron chi connectivity index (χ0n) is 9.23. The molecular weight excluding hydrogens is 248 g/mol. The number of carboxylic acid groups (broad SMARTS) is 1. The zero-order valence-corrected chi connectivity index (χ0v) is 9.23. The van der Waals surface area contributed by atoms with Crippen LogP contribution >= 0.6 is 0 Å². The quantitative estimate of drug-likeness (QED) is 0.790. The van der Waals surface area contributed by atoms with Gasteiger partial charge < -0.3 is 15.2 Å². The van der Waals surface area contributed by atoms with Crippen LogP contribution in [0, 0.1) is 5.82 Å². The summed E-state index contributed by atoms with van der Waals surface area (Å²) in [6.07, 6.45) is 0. The van der Waals surface area contributed by atoms with Crippen LogP contribution in [0.25, 0.3) is 0 Å². The Morgan fingerprint density at radius 2 is 2.06 bits per heavy atom. The maximum atomic E-state index is 13.1. The standard InChI is InChI=1S/C11H11F2NO4/c12-5-8(11(16)17)14-10(15)6-18-9-4-2-1-3-7(9)13/h1-4,8H,5-6H2,(H,14,15)(H,16,17). The number of hydrogen-bond acceptors (Lipinski definition) is 3. The van der Waals surface area contributed by atoms with E-state index in [0.29, 0.717) is 0 Å².